The van der Waals surface area contributed by atoms with Crippen LogP contribution in [-0.2, 0) is 20.8 Å². The van der Waals surface area contributed by atoms with Gasteiger partial charge in [0.1, 0.15) is 11.5 Å². The highest BCUT2D eigenvalue weighted by Crippen LogP contribution is 2.71. The van der Waals surface area contributed by atoms with Gasteiger partial charge in [0.15, 0.2) is 0 Å². The highest BCUT2D eigenvalue weighted by molar-refractivity contribution is 7.48. The lowest BCUT2D eigenvalue weighted by Crippen LogP contribution is -2.29. The molecule has 2 aliphatic carbocycles. The molecule has 1 heterocycles. The first-order valence-corrected chi connectivity index (χ1v) is 22.9. The second-order valence-corrected chi connectivity index (χ2v) is 22.0. The lowest BCUT2D eigenvalue weighted by molar-refractivity contribution is 0.276. The molecule has 0 atom stereocenters. The molecule has 1 spiro atoms. The minimum atomic E-state index is -4.75. The zero-order valence-electron chi connectivity index (χ0n) is 37.1. The maximum Gasteiger partial charge on any atom is 0.584 e. The van der Waals surface area contributed by atoms with Crippen LogP contribution in [0.15, 0.2) is 48.5 Å². The van der Waals surface area contributed by atoms with E-state index in [2.05, 4.69) is 159 Å². The number of benzene rings is 4. The quantitative estimate of drug-likeness (QED) is 0.181. The van der Waals surface area contributed by atoms with Crippen molar-refractivity contribution >= 4 is 7.82 Å². The topological polar surface area (TPSA) is 55.8 Å². The van der Waals surface area contributed by atoms with Gasteiger partial charge in [-0.1, -0.05) is 159 Å². The smallest absolute Gasteiger partial charge is 0.394 e. The van der Waals surface area contributed by atoms with Gasteiger partial charge >= 0.3 is 7.82 Å². The van der Waals surface area contributed by atoms with Crippen molar-refractivity contribution in [1.82, 2.24) is 0 Å². The van der Waals surface area contributed by atoms with Gasteiger partial charge in [0.05, 0.1) is 0 Å². The van der Waals surface area contributed by atoms with Crippen molar-refractivity contribution < 1.29 is 18.5 Å². The average molecular weight is 775 g/mol. The summed E-state index contributed by atoms with van der Waals surface area (Å²) in [5.41, 5.74) is 15.2. The van der Waals surface area contributed by atoms with Gasteiger partial charge in [-0.2, -0.15) is 0 Å². The minimum absolute atomic E-state index is 0.227. The van der Waals surface area contributed by atoms with Crippen LogP contribution in [-0.4, -0.2) is 4.89 Å². The van der Waals surface area contributed by atoms with E-state index in [1.54, 1.807) is 0 Å². The Morgan fingerprint density at radius 3 is 1.09 bits per heavy atom. The van der Waals surface area contributed by atoms with E-state index < -0.39 is 13.2 Å². The van der Waals surface area contributed by atoms with Crippen molar-refractivity contribution in [3.63, 3.8) is 0 Å². The van der Waals surface area contributed by atoms with E-state index >= 15 is 0 Å². The van der Waals surface area contributed by atoms with Gasteiger partial charge in [0.2, 0.25) is 0 Å². The van der Waals surface area contributed by atoms with Crippen LogP contribution in [0.25, 0.3) is 22.3 Å². The Bertz CT molecular complexity index is 2070. The zero-order chi connectivity index (χ0) is 41.2. The third-order valence-electron chi connectivity index (χ3n) is 13.4. The first-order chi connectivity index (χ1) is 25.9. The Kier molecular flexibility index (Phi) is 9.94. The number of rotatable bonds is 8. The summed E-state index contributed by atoms with van der Waals surface area (Å²) in [7, 11) is -4.75. The van der Waals surface area contributed by atoms with Crippen molar-refractivity contribution in [2.75, 3.05) is 0 Å². The maximum atomic E-state index is 15.0. The fourth-order valence-corrected chi connectivity index (χ4v) is 11.7. The number of phosphoric acid groups is 1. The molecule has 56 heavy (non-hydrogen) atoms. The Morgan fingerprint density at radius 1 is 0.518 bits per heavy atom. The molecular weight excluding hydrogens is 708 g/mol. The molecule has 4 aromatic rings. The van der Waals surface area contributed by atoms with Crippen LogP contribution in [0.1, 0.15) is 215 Å². The molecule has 0 aromatic heterocycles. The molecule has 5 heteroatoms. The predicted octanol–water partition coefficient (Wildman–Crippen LogP) is 15.3. The van der Waals surface area contributed by atoms with E-state index in [0.717, 1.165) is 46.2 Å². The van der Waals surface area contributed by atoms with Gasteiger partial charge in [-0.25, -0.2) is 4.57 Å². The normalized spacial score (nSPS) is 18.4. The highest BCUT2D eigenvalue weighted by Gasteiger charge is 2.61. The van der Waals surface area contributed by atoms with Crippen LogP contribution < -0.4 is 9.05 Å². The van der Waals surface area contributed by atoms with E-state index in [0.29, 0.717) is 23.3 Å². The molecule has 4 nitrogen and oxygen atoms in total. The summed E-state index contributed by atoms with van der Waals surface area (Å²) in [6, 6.07) is 18.4. The van der Waals surface area contributed by atoms with E-state index in [9.17, 15) is 9.46 Å². The van der Waals surface area contributed by atoms with Crippen LogP contribution in [0.2, 0.25) is 0 Å². The van der Waals surface area contributed by atoms with Crippen molar-refractivity contribution in [2.45, 2.75) is 175 Å². The Morgan fingerprint density at radius 2 is 0.821 bits per heavy atom. The first-order valence-electron chi connectivity index (χ1n) is 21.4. The standard InChI is InChI=1S/C51H67O4P/c1-27(2)33-21-37(29(5)6)43(38(22-33)30(7)8)35-17-19-41-45-47(35)54-56(52,53)55-48-36(44-39(31(9)10)23-34(28(3)4)24-40(44)32(11)12)18-20-42-46(48)51(45,25-49(41,13)14)26-50(42,15)16/h17-24,27-32H,25-26H2,1-16H3,(H,52,53). The van der Waals surface area contributed by atoms with Gasteiger partial charge in [-0.15, -0.1) is 0 Å². The molecule has 4 aromatic carbocycles. The monoisotopic (exact) mass is 774 g/mol. The highest BCUT2D eigenvalue weighted by atomic mass is 31.2. The van der Waals surface area contributed by atoms with Gasteiger partial charge in [0, 0.05) is 27.7 Å². The second-order valence-electron chi connectivity index (χ2n) is 20.7. The van der Waals surface area contributed by atoms with Crippen LogP contribution in [0.4, 0.5) is 0 Å². The lowest BCUT2D eigenvalue weighted by Gasteiger charge is -2.36. The molecule has 1 N–H and O–H groups in total. The summed E-state index contributed by atoms with van der Waals surface area (Å²) in [4.78, 5) is 12.2. The van der Waals surface area contributed by atoms with Crippen LogP contribution in [0.3, 0.4) is 0 Å². The van der Waals surface area contributed by atoms with Crippen molar-refractivity contribution in [3.8, 4) is 33.8 Å². The third-order valence-corrected chi connectivity index (χ3v) is 14.3. The van der Waals surface area contributed by atoms with Gasteiger partial charge in [0.25, 0.3) is 0 Å². The molecule has 300 valence electrons. The summed E-state index contributed by atoms with van der Waals surface area (Å²) in [5.74, 6) is 2.69. The first kappa shape index (κ1) is 40.9. The van der Waals surface area contributed by atoms with Gasteiger partial charge in [-0.05, 0) is 115 Å². The predicted molar refractivity (Wildman–Crippen MR) is 235 cm³/mol. The summed E-state index contributed by atoms with van der Waals surface area (Å²) in [5, 5.41) is 0. The zero-order valence-corrected chi connectivity index (χ0v) is 38.0. The molecule has 0 unspecified atom stereocenters. The average Bonchev–Trinajstić information content (AvgIpc) is 3.45. The molecule has 0 saturated carbocycles. The van der Waals surface area contributed by atoms with Gasteiger partial charge in [-0.3, -0.25) is 4.89 Å². The molecule has 0 amide bonds. The van der Waals surface area contributed by atoms with Crippen LogP contribution in [0, 0.1) is 0 Å². The van der Waals surface area contributed by atoms with Gasteiger partial charge < -0.3 is 9.05 Å². The third kappa shape index (κ3) is 6.32. The van der Waals surface area contributed by atoms with Crippen molar-refractivity contribution in [2.24, 2.45) is 0 Å². The number of phosphoric ester groups is 1. The second kappa shape index (κ2) is 13.6. The summed E-state index contributed by atoms with van der Waals surface area (Å²) >= 11 is 0. The van der Waals surface area contributed by atoms with E-state index in [4.69, 9.17) is 9.05 Å². The van der Waals surface area contributed by atoms with Crippen molar-refractivity contribution in [1.29, 1.82) is 0 Å². The Hall–Kier alpha value is -3.33. The Balaban J connectivity index is 1.65. The molecule has 0 fully saturated rings. The summed E-state index contributed by atoms with van der Waals surface area (Å²) in [6.07, 6.45) is 1.70. The SMILES string of the molecule is CC(C)c1cc(C(C)C)c(-c2ccc3c4c2OP(=O)(O)Oc2c(-c5c(C(C)C)cc(C(C)C)cc5C(C)C)ccc5c2C4(CC3(C)C)CC5(C)C)c(C(C)C)c1. The molecule has 0 bridgehead atoms. The largest absolute Gasteiger partial charge is 0.584 e. The maximum absolute atomic E-state index is 15.0. The Labute approximate surface area is 338 Å². The summed E-state index contributed by atoms with van der Waals surface area (Å²) in [6.45, 7) is 36.4. The molecule has 1 aliphatic heterocycles. The molecule has 7 rings (SSSR count). The lowest BCUT2D eigenvalue weighted by atomic mass is 9.70. The minimum Gasteiger partial charge on any atom is -0.394 e. The van der Waals surface area contributed by atoms with Crippen LogP contribution >= 0.6 is 7.82 Å². The molecule has 0 radical (unpaired) electrons. The number of hydrogen-bond donors (Lipinski definition) is 1. The number of hydrogen-bond acceptors (Lipinski definition) is 3. The molecule has 3 aliphatic rings. The van der Waals surface area contributed by atoms with Crippen LogP contribution in [0.5, 0.6) is 11.5 Å². The molecular formula is C51H67O4P. The summed E-state index contributed by atoms with van der Waals surface area (Å²) < 4.78 is 28.4. The van der Waals surface area contributed by atoms with Crippen molar-refractivity contribution in [3.05, 3.63) is 104 Å². The van der Waals surface area contributed by atoms with E-state index in [1.807, 2.05) is 0 Å². The van der Waals surface area contributed by atoms with E-state index in [1.165, 1.54) is 44.5 Å². The molecule has 0 saturated heterocycles. The fraction of sp³-hybridized carbons (Fsp3) is 0.529. The fourth-order valence-electron chi connectivity index (χ4n) is 10.9. The van der Waals surface area contributed by atoms with E-state index in [-0.39, 0.29) is 34.5 Å².